The van der Waals surface area contributed by atoms with Gasteiger partial charge in [0.05, 0.1) is 12.1 Å². The highest BCUT2D eigenvalue weighted by molar-refractivity contribution is 8.00. The van der Waals surface area contributed by atoms with Gasteiger partial charge in [0.25, 0.3) is 0 Å². The van der Waals surface area contributed by atoms with Gasteiger partial charge in [-0.25, -0.2) is 0 Å². The first-order valence-corrected chi connectivity index (χ1v) is 13.4. The molecule has 0 saturated carbocycles. The number of aliphatic hydroxyl groups is 2. The molecular weight excluding hydrogens is 438 g/mol. The molecule has 0 aromatic heterocycles. The summed E-state index contributed by atoms with van der Waals surface area (Å²) in [5, 5.41) is 29.5. The van der Waals surface area contributed by atoms with Crippen molar-refractivity contribution in [1.29, 1.82) is 0 Å². The molecule has 0 spiro atoms. The fourth-order valence-electron chi connectivity index (χ4n) is 3.25. The maximum Gasteiger partial charge on any atom is 0.243 e. The number of nitrogens with one attached hydrogen (secondary N) is 3. The monoisotopic (exact) mass is 479 g/mol. The summed E-state index contributed by atoms with van der Waals surface area (Å²) in [6.45, 7) is 7.19. The van der Waals surface area contributed by atoms with Crippen LogP contribution in [-0.4, -0.2) is 81.8 Å². The van der Waals surface area contributed by atoms with Crippen molar-refractivity contribution in [3.8, 4) is 0 Å². The van der Waals surface area contributed by atoms with E-state index in [9.17, 15) is 24.6 Å². The summed E-state index contributed by atoms with van der Waals surface area (Å²) in [5.41, 5.74) is 0. The van der Waals surface area contributed by atoms with Gasteiger partial charge in [0.1, 0.15) is 18.2 Å². The van der Waals surface area contributed by atoms with Crippen LogP contribution in [0.25, 0.3) is 0 Å². The SMILES string of the molecule is CCCC(CCC)SCC(NC=O)C(=O)NC(C)C(O)C(O)C(CCSC)NC(C)=O. The number of hydrogen-bond donors (Lipinski definition) is 5. The van der Waals surface area contributed by atoms with Crippen LogP contribution in [0.1, 0.15) is 59.8 Å². The minimum Gasteiger partial charge on any atom is -0.388 e. The van der Waals surface area contributed by atoms with E-state index in [1.54, 1.807) is 30.4 Å². The average Bonchev–Trinajstić information content (AvgIpc) is 2.72. The molecule has 0 saturated heterocycles. The van der Waals surface area contributed by atoms with E-state index in [0.717, 1.165) is 25.7 Å². The summed E-state index contributed by atoms with van der Waals surface area (Å²) in [6.07, 6.45) is 4.61. The Morgan fingerprint density at radius 1 is 1.03 bits per heavy atom. The van der Waals surface area contributed by atoms with E-state index < -0.39 is 36.2 Å². The predicted molar refractivity (Wildman–Crippen MR) is 129 cm³/mol. The lowest BCUT2D eigenvalue weighted by Crippen LogP contribution is -2.57. The van der Waals surface area contributed by atoms with E-state index in [1.165, 1.54) is 6.92 Å². The second kappa shape index (κ2) is 17.6. The van der Waals surface area contributed by atoms with E-state index in [0.29, 0.717) is 29.6 Å². The van der Waals surface area contributed by atoms with Gasteiger partial charge in [-0.15, -0.1) is 0 Å². The molecule has 10 heteroatoms. The Morgan fingerprint density at radius 3 is 2.13 bits per heavy atom. The van der Waals surface area contributed by atoms with Crippen molar-refractivity contribution in [3.63, 3.8) is 0 Å². The summed E-state index contributed by atoms with van der Waals surface area (Å²) in [7, 11) is 0. The molecular formula is C21H41N3O5S2. The predicted octanol–water partition coefficient (Wildman–Crippen LogP) is 1.29. The average molecular weight is 480 g/mol. The van der Waals surface area contributed by atoms with Crippen molar-refractivity contribution in [2.75, 3.05) is 17.8 Å². The van der Waals surface area contributed by atoms with Gasteiger partial charge in [-0.2, -0.15) is 23.5 Å². The van der Waals surface area contributed by atoms with Crippen LogP contribution in [0.4, 0.5) is 0 Å². The zero-order valence-electron chi connectivity index (χ0n) is 19.4. The maximum absolute atomic E-state index is 12.7. The quantitative estimate of drug-likeness (QED) is 0.187. The summed E-state index contributed by atoms with van der Waals surface area (Å²) >= 11 is 3.24. The molecule has 0 bridgehead atoms. The number of carbonyl (C=O) groups excluding carboxylic acids is 3. The zero-order valence-corrected chi connectivity index (χ0v) is 21.1. The minimum absolute atomic E-state index is 0.296. The third kappa shape index (κ3) is 12.6. The lowest BCUT2D eigenvalue weighted by Gasteiger charge is -2.31. The molecule has 5 N–H and O–H groups in total. The molecule has 8 nitrogen and oxygen atoms in total. The smallest absolute Gasteiger partial charge is 0.243 e. The summed E-state index contributed by atoms with van der Waals surface area (Å²) in [6, 6.07) is -2.12. The fourth-order valence-corrected chi connectivity index (χ4v) is 5.25. The third-order valence-electron chi connectivity index (χ3n) is 4.97. The third-order valence-corrected chi connectivity index (χ3v) is 7.08. The molecule has 0 aromatic carbocycles. The van der Waals surface area contributed by atoms with Gasteiger partial charge < -0.3 is 26.2 Å². The second-order valence-corrected chi connectivity index (χ2v) is 10.1. The van der Waals surface area contributed by atoms with Crippen LogP contribution < -0.4 is 16.0 Å². The molecule has 5 atom stereocenters. The maximum atomic E-state index is 12.7. The lowest BCUT2D eigenvalue weighted by molar-refractivity contribution is -0.127. The van der Waals surface area contributed by atoms with E-state index in [2.05, 4.69) is 29.8 Å². The van der Waals surface area contributed by atoms with Gasteiger partial charge in [0.15, 0.2) is 0 Å². The summed E-state index contributed by atoms with van der Waals surface area (Å²) < 4.78 is 0. The van der Waals surface area contributed by atoms with Crippen LogP contribution in [0.5, 0.6) is 0 Å². The number of thioether (sulfide) groups is 2. The van der Waals surface area contributed by atoms with E-state index >= 15 is 0 Å². The highest BCUT2D eigenvalue weighted by Crippen LogP contribution is 2.22. The van der Waals surface area contributed by atoms with Crippen LogP contribution >= 0.6 is 23.5 Å². The van der Waals surface area contributed by atoms with Crippen molar-refractivity contribution in [2.45, 2.75) is 95.4 Å². The summed E-state index contributed by atoms with van der Waals surface area (Å²) in [4.78, 5) is 35.2. The van der Waals surface area contributed by atoms with E-state index in [4.69, 9.17) is 0 Å². The van der Waals surface area contributed by atoms with Crippen LogP contribution in [-0.2, 0) is 14.4 Å². The van der Waals surface area contributed by atoms with Crippen LogP contribution in [0.3, 0.4) is 0 Å². The van der Waals surface area contributed by atoms with Crippen molar-refractivity contribution < 1.29 is 24.6 Å². The topological polar surface area (TPSA) is 128 Å². The molecule has 5 unspecified atom stereocenters. The molecule has 0 radical (unpaired) electrons. The van der Waals surface area contributed by atoms with Gasteiger partial charge in [0.2, 0.25) is 18.2 Å². The molecule has 0 rings (SSSR count). The van der Waals surface area contributed by atoms with Gasteiger partial charge in [-0.3, -0.25) is 14.4 Å². The van der Waals surface area contributed by atoms with Crippen LogP contribution in [0.15, 0.2) is 0 Å². The first-order valence-electron chi connectivity index (χ1n) is 10.9. The van der Waals surface area contributed by atoms with Crippen LogP contribution in [0.2, 0.25) is 0 Å². The van der Waals surface area contributed by atoms with Gasteiger partial charge in [0, 0.05) is 17.9 Å². The number of aliphatic hydroxyl groups excluding tert-OH is 2. The highest BCUT2D eigenvalue weighted by atomic mass is 32.2. The molecule has 0 aromatic rings. The molecule has 0 heterocycles. The van der Waals surface area contributed by atoms with Crippen LogP contribution in [0, 0.1) is 0 Å². The molecule has 3 amide bonds. The highest BCUT2D eigenvalue weighted by Gasteiger charge is 2.32. The normalized spacial score (nSPS) is 16.1. The Morgan fingerprint density at radius 2 is 1.65 bits per heavy atom. The first-order chi connectivity index (χ1) is 14.7. The Balaban J connectivity index is 4.98. The molecule has 0 aliphatic carbocycles. The van der Waals surface area contributed by atoms with Crippen molar-refractivity contribution in [2.24, 2.45) is 0 Å². The van der Waals surface area contributed by atoms with E-state index in [-0.39, 0.29) is 5.91 Å². The van der Waals surface area contributed by atoms with Gasteiger partial charge in [-0.05, 0) is 38.2 Å². The van der Waals surface area contributed by atoms with Crippen molar-refractivity contribution >= 4 is 41.7 Å². The van der Waals surface area contributed by atoms with Crippen molar-refractivity contribution in [3.05, 3.63) is 0 Å². The Kier molecular flexibility index (Phi) is 17.0. The molecule has 0 aliphatic rings. The Bertz CT molecular complexity index is 521. The summed E-state index contributed by atoms with van der Waals surface area (Å²) in [5.74, 6) is 0.428. The minimum atomic E-state index is -1.28. The molecule has 0 fully saturated rings. The zero-order chi connectivity index (χ0) is 23.8. The number of carbonyl (C=O) groups is 3. The second-order valence-electron chi connectivity index (χ2n) is 7.74. The van der Waals surface area contributed by atoms with Gasteiger partial charge in [-0.1, -0.05) is 26.7 Å². The van der Waals surface area contributed by atoms with E-state index in [1.807, 2.05) is 6.26 Å². The number of hydrogen-bond acceptors (Lipinski definition) is 7. The largest absolute Gasteiger partial charge is 0.388 e. The van der Waals surface area contributed by atoms with Crippen molar-refractivity contribution in [1.82, 2.24) is 16.0 Å². The molecule has 0 aliphatic heterocycles. The fraction of sp³-hybridized carbons (Fsp3) is 0.857. The van der Waals surface area contributed by atoms with Gasteiger partial charge >= 0.3 is 0 Å². The molecule has 31 heavy (non-hydrogen) atoms. The Labute approximate surface area is 195 Å². The number of rotatable bonds is 18. The molecule has 182 valence electrons. The Hall–Kier alpha value is -0.970. The first kappa shape index (κ1) is 30.0. The standard InChI is InChI=1S/C21H41N3O5S2/c1-6-8-16(9-7-2)31-12-18(22-13-25)21(29)23-14(3)19(27)20(28)17(10-11-30-5)24-15(4)26/h13-14,16-20,27-28H,6-12H2,1-5H3,(H,22,25)(H,23,29)(H,24,26). The number of amides is 3. The lowest BCUT2D eigenvalue weighted by atomic mass is 9.98.